The van der Waals surface area contributed by atoms with Gasteiger partial charge in [0.05, 0.1) is 24.8 Å². The molecule has 1 aromatic heterocycles. The van der Waals surface area contributed by atoms with Crippen LogP contribution in [0.5, 0.6) is 11.5 Å². The van der Waals surface area contributed by atoms with Gasteiger partial charge in [0.25, 0.3) is 5.91 Å². The molecule has 5 N–H and O–H groups in total. The van der Waals surface area contributed by atoms with Crippen LogP contribution in [0.1, 0.15) is 21.5 Å². The van der Waals surface area contributed by atoms with Crippen LogP contribution in [0.3, 0.4) is 0 Å². The van der Waals surface area contributed by atoms with Gasteiger partial charge in [-0.15, -0.1) is 0 Å². The molecule has 10 heteroatoms. The molecule has 0 spiro atoms. The van der Waals surface area contributed by atoms with Gasteiger partial charge >= 0.3 is 0 Å². The van der Waals surface area contributed by atoms with E-state index in [0.29, 0.717) is 35.1 Å². The Hall–Kier alpha value is -3.72. The van der Waals surface area contributed by atoms with Crippen molar-refractivity contribution >= 4 is 40.6 Å². The number of halogens is 1. The van der Waals surface area contributed by atoms with Crippen molar-refractivity contribution in [2.24, 2.45) is 0 Å². The van der Waals surface area contributed by atoms with Gasteiger partial charge in [0.2, 0.25) is 5.95 Å². The number of carbonyl (C=O) groups excluding carboxylic acids is 1. The predicted molar refractivity (Wildman–Crippen MR) is 125 cm³/mol. The van der Waals surface area contributed by atoms with E-state index < -0.39 is 0 Å². The molecule has 0 fully saturated rings. The quantitative estimate of drug-likeness (QED) is 0.518. The van der Waals surface area contributed by atoms with Gasteiger partial charge in [0.15, 0.2) is 11.5 Å². The van der Waals surface area contributed by atoms with E-state index in [2.05, 4.69) is 20.2 Å². The number of rotatable bonds is 6. The summed E-state index contributed by atoms with van der Waals surface area (Å²) < 4.78 is 10.5. The van der Waals surface area contributed by atoms with Gasteiger partial charge in [-0.25, -0.2) is 4.98 Å². The summed E-state index contributed by atoms with van der Waals surface area (Å²) in [5.74, 6) is 0.971. The monoisotopic (exact) mass is 454 g/mol. The molecule has 32 heavy (non-hydrogen) atoms. The number of nitrogens with zero attached hydrogens (tertiary/aromatic N) is 3. The Balaban J connectivity index is 1.51. The normalized spacial score (nSPS) is 12.4. The van der Waals surface area contributed by atoms with E-state index in [0.717, 1.165) is 29.8 Å². The first-order valence-electron chi connectivity index (χ1n) is 9.87. The first kappa shape index (κ1) is 21.5. The molecule has 166 valence electrons. The van der Waals surface area contributed by atoms with Crippen LogP contribution >= 0.6 is 11.6 Å². The minimum Gasteiger partial charge on any atom is -0.493 e. The number of methoxy groups -OCH3 is 2. The largest absolute Gasteiger partial charge is 0.493 e. The van der Waals surface area contributed by atoms with Crippen LogP contribution in [0, 0.1) is 0 Å². The fourth-order valence-electron chi connectivity index (χ4n) is 3.74. The Bertz CT molecular complexity index is 1190. The van der Waals surface area contributed by atoms with Crippen molar-refractivity contribution in [3.63, 3.8) is 0 Å². The number of nitrogens with two attached hydrogens (primary N) is 2. The maximum absolute atomic E-state index is 12.8. The fraction of sp³-hybridized carbons (Fsp3) is 0.227. The van der Waals surface area contributed by atoms with Crippen LogP contribution in [-0.4, -0.2) is 36.6 Å². The Kier molecular flexibility index (Phi) is 5.91. The third-order valence-electron chi connectivity index (χ3n) is 5.34. The van der Waals surface area contributed by atoms with Crippen LogP contribution in [-0.2, 0) is 13.0 Å². The van der Waals surface area contributed by atoms with Crippen molar-refractivity contribution < 1.29 is 14.3 Å². The van der Waals surface area contributed by atoms with Crippen molar-refractivity contribution in [3.8, 4) is 11.5 Å². The van der Waals surface area contributed by atoms with Crippen molar-refractivity contribution in [2.45, 2.75) is 13.0 Å². The molecule has 0 radical (unpaired) electrons. The van der Waals surface area contributed by atoms with Gasteiger partial charge < -0.3 is 31.2 Å². The molecule has 3 aromatic rings. The second-order valence-electron chi connectivity index (χ2n) is 7.27. The first-order chi connectivity index (χ1) is 15.4. The molecular formula is C22H23ClN6O3. The molecule has 4 rings (SSSR count). The Morgan fingerprint density at radius 2 is 2.03 bits per heavy atom. The van der Waals surface area contributed by atoms with Crippen molar-refractivity contribution in [2.75, 3.05) is 42.4 Å². The summed E-state index contributed by atoms with van der Waals surface area (Å²) >= 11 is 6.37. The van der Waals surface area contributed by atoms with Gasteiger partial charge in [-0.2, -0.15) is 4.98 Å². The second kappa shape index (κ2) is 8.80. The van der Waals surface area contributed by atoms with E-state index in [1.54, 1.807) is 18.3 Å². The van der Waals surface area contributed by atoms with E-state index in [4.69, 9.17) is 32.5 Å². The van der Waals surface area contributed by atoms with Crippen LogP contribution < -0.4 is 31.2 Å². The van der Waals surface area contributed by atoms with Crippen LogP contribution in [0.25, 0.3) is 0 Å². The van der Waals surface area contributed by atoms with Gasteiger partial charge in [0, 0.05) is 36.2 Å². The molecule has 1 aliphatic heterocycles. The maximum atomic E-state index is 12.8. The third kappa shape index (κ3) is 4.06. The molecule has 0 saturated carbocycles. The van der Waals surface area contributed by atoms with E-state index in [9.17, 15) is 4.79 Å². The molecule has 0 saturated heterocycles. The Morgan fingerprint density at radius 3 is 2.75 bits per heavy atom. The highest BCUT2D eigenvalue weighted by atomic mass is 35.5. The average molecular weight is 455 g/mol. The SMILES string of the molecule is COc1ccc(C(=O)Nc2ccc3c(c2)CCN3Cc2cnc(N)nc2N)c(Cl)c1OC. The fourth-order valence-corrected chi connectivity index (χ4v) is 4.06. The van der Waals surface area contributed by atoms with E-state index in [1.807, 2.05) is 18.2 Å². The molecule has 0 unspecified atom stereocenters. The Labute approximate surface area is 190 Å². The lowest BCUT2D eigenvalue weighted by atomic mass is 10.1. The molecular weight excluding hydrogens is 432 g/mol. The molecule has 2 aromatic carbocycles. The molecule has 0 atom stereocenters. The molecule has 2 heterocycles. The molecule has 0 bridgehead atoms. The molecule has 1 amide bonds. The zero-order valence-electron chi connectivity index (χ0n) is 17.7. The number of carbonyl (C=O) groups is 1. The number of nitrogens with one attached hydrogen (secondary N) is 1. The van der Waals surface area contributed by atoms with Crippen LogP contribution in [0.4, 0.5) is 23.1 Å². The summed E-state index contributed by atoms with van der Waals surface area (Å²) in [6, 6.07) is 9.04. The van der Waals surface area contributed by atoms with Crippen molar-refractivity contribution in [1.29, 1.82) is 0 Å². The summed E-state index contributed by atoms with van der Waals surface area (Å²) in [6.45, 7) is 1.39. The number of nitrogen functional groups attached to an aromatic ring is 2. The lowest BCUT2D eigenvalue weighted by Crippen LogP contribution is -2.21. The lowest BCUT2D eigenvalue weighted by Gasteiger charge is -2.20. The predicted octanol–water partition coefficient (Wildman–Crippen LogP) is 3.13. The number of hydrogen-bond acceptors (Lipinski definition) is 8. The van der Waals surface area contributed by atoms with Gasteiger partial charge in [-0.3, -0.25) is 4.79 Å². The van der Waals surface area contributed by atoms with Crippen molar-refractivity contribution in [1.82, 2.24) is 9.97 Å². The maximum Gasteiger partial charge on any atom is 0.257 e. The first-order valence-corrected chi connectivity index (χ1v) is 10.3. The molecule has 1 aliphatic rings. The number of hydrogen-bond donors (Lipinski definition) is 3. The highest BCUT2D eigenvalue weighted by molar-refractivity contribution is 6.36. The zero-order chi connectivity index (χ0) is 22.8. The molecule has 9 nitrogen and oxygen atoms in total. The minimum atomic E-state index is -0.336. The summed E-state index contributed by atoms with van der Waals surface area (Å²) in [5.41, 5.74) is 15.5. The van der Waals surface area contributed by atoms with Gasteiger partial charge in [-0.1, -0.05) is 11.6 Å². The van der Waals surface area contributed by atoms with Crippen molar-refractivity contribution in [3.05, 3.63) is 58.2 Å². The number of anilines is 4. The number of benzene rings is 2. The highest BCUT2D eigenvalue weighted by Crippen LogP contribution is 2.38. The average Bonchev–Trinajstić information content (AvgIpc) is 3.17. The number of amides is 1. The number of aromatic nitrogens is 2. The second-order valence-corrected chi connectivity index (χ2v) is 7.65. The summed E-state index contributed by atoms with van der Waals surface area (Å²) in [4.78, 5) is 23.1. The Morgan fingerprint density at radius 1 is 1.22 bits per heavy atom. The molecule has 0 aliphatic carbocycles. The summed E-state index contributed by atoms with van der Waals surface area (Å²) in [7, 11) is 2.98. The van der Waals surface area contributed by atoms with E-state index >= 15 is 0 Å². The van der Waals surface area contributed by atoms with Gasteiger partial charge in [0.1, 0.15) is 5.82 Å². The smallest absolute Gasteiger partial charge is 0.257 e. The zero-order valence-corrected chi connectivity index (χ0v) is 18.4. The van der Waals surface area contributed by atoms with Crippen LogP contribution in [0.15, 0.2) is 36.5 Å². The van der Waals surface area contributed by atoms with E-state index in [1.165, 1.54) is 14.2 Å². The lowest BCUT2D eigenvalue weighted by molar-refractivity contribution is 0.102. The summed E-state index contributed by atoms with van der Waals surface area (Å²) in [6.07, 6.45) is 2.49. The standard InChI is InChI=1S/C22H23ClN6O3/c1-31-17-6-4-15(18(23)19(17)32-2)21(30)27-14-3-5-16-12(9-14)7-8-29(16)11-13-10-26-22(25)28-20(13)24/h3-6,9-10H,7-8,11H2,1-2H3,(H,27,30)(H4,24,25,26,28). The highest BCUT2D eigenvalue weighted by Gasteiger charge is 2.22. The summed E-state index contributed by atoms with van der Waals surface area (Å²) in [5, 5.41) is 3.10. The minimum absolute atomic E-state index is 0.156. The van der Waals surface area contributed by atoms with Gasteiger partial charge in [-0.05, 0) is 42.3 Å². The van der Waals surface area contributed by atoms with Crippen LogP contribution in [0.2, 0.25) is 5.02 Å². The third-order valence-corrected chi connectivity index (χ3v) is 5.71. The van der Waals surface area contributed by atoms with E-state index in [-0.39, 0.29) is 16.9 Å². The number of ether oxygens (including phenoxy) is 2. The topological polar surface area (TPSA) is 129 Å². The number of fused-ring (bicyclic) bond motifs is 1.